The zero-order chi connectivity index (χ0) is 16.2. The summed E-state index contributed by atoms with van der Waals surface area (Å²) in [5.41, 5.74) is 6.86. The summed E-state index contributed by atoms with van der Waals surface area (Å²) in [4.78, 5) is 22.4. The van der Waals surface area contributed by atoms with Crippen molar-refractivity contribution in [2.24, 2.45) is 0 Å². The van der Waals surface area contributed by atoms with Gasteiger partial charge >= 0.3 is 6.03 Å². The molecule has 0 unspecified atom stereocenters. The predicted octanol–water partition coefficient (Wildman–Crippen LogP) is 0.358. The SMILES string of the molecule is Nc1ncccc1CN1CCN(C(=O)N2CCCC2)C[C@H](O)C1. The number of likely N-dealkylation sites (tertiary alicyclic amines) is 1. The summed E-state index contributed by atoms with van der Waals surface area (Å²) in [7, 11) is 0. The third kappa shape index (κ3) is 3.92. The van der Waals surface area contributed by atoms with Gasteiger partial charge in [0.2, 0.25) is 0 Å². The standard InChI is InChI=1S/C16H25N5O2/c17-15-13(4-3-5-18-15)10-19-8-9-21(12-14(22)11-19)16(23)20-6-1-2-7-20/h3-5,14,22H,1-2,6-12H2,(H2,17,18)/t14-/m1/s1. The number of carbonyl (C=O) groups is 1. The van der Waals surface area contributed by atoms with Gasteiger partial charge in [0.25, 0.3) is 0 Å². The molecule has 2 aliphatic rings. The number of nitrogen functional groups attached to an aromatic ring is 1. The van der Waals surface area contributed by atoms with Crippen LogP contribution in [0.3, 0.4) is 0 Å². The number of amides is 2. The first-order chi connectivity index (χ1) is 11.1. The molecule has 2 saturated heterocycles. The number of nitrogens with two attached hydrogens (primary N) is 1. The fourth-order valence-electron chi connectivity index (χ4n) is 3.31. The second-order valence-corrected chi connectivity index (χ2v) is 6.36. The van der Waals surface area contributed by atoms with Crippen LogP contribution in [0.15, 0.2) is 18.3 Å². The Kier molecular flexibility index (Phi) is 4.97. The molecule has 3 rings (SSSR count). The first-order valence-corrected chi connectivity index (χ1v) is 8.27. The molecule has 2 amide bonds. The lowest BCUT2D eigenvalue weighted by molar-refractivity contribution is 0.105. The van der Waals surface area contributed by atoms with Crippen LogP contribution in [-0.4, -0.2) is 76.2 Å². The van der Waals surface area contributed by atoms with Gasteiger partial charge in [-0.15, -0.1) is 0 Å². The number of β-amino-alcohol motifs (C(OH)–C–C–N with tert-alkyl or cyclic N) is 1. The van der Waals surface area contributed by atoms with Crippen LogP contribution in [0.1, 0.15) is 18.4 Å². The maximum absolute atomic E-state index is 12.5. The van der Waals surface area contributed by atoms with Crippen molar-refractivity contribution in [1.29, 1.82) is 0 Å². The fraction of sp³-hybridized carbons (Fsp3) is 0.625. The molecule has 1 aromatic heterocycles. The number of hydrogen-bond donors (Lipinski definition) is 2. The Morgan fingerprint density at radius 1 is 1.22 bits per heavy atom. The molecule has 0 saturated carbocycles. The largest absolute Gasteiger partial charge is 0.390 e. The zero-order valence-corrected chi connectivity index (χ0v) is 13.4. The number of anilines is 1. The van der Waals surface area contributed by atoms with E-state index in [9.17, 15) is 9.90 Å². The number of aliphatic hydroxyl groups excluding tert-OH is 1. The van der Waals surface area contributed by atoms with Gasteiger partial charge in [-0.1, -0.05) is 6.07 Å². The minimum atomic E-state index is -0.540. The van der Waals surface area contributed by atoms with E-state index in [1.807, 2.05) is 17.0 Å². The van der Waals surface area contributed by atoms with E-state index < -0.39 is 6.10 Å². The molecule has 2 fully saturated rings. The van der Waals surface area contributed by atoms with Gasteiger partial charge in [0.15, 0.2) is 0 Å². The van der Waals surface area contributed by atoms with Gasteiger partial charge in [-0.3, -0.25) is 4.90 Å². The van der Waals surface area contributed by atoms with Crippen molar-refractivity contribution in [2.75, 3.05) is 45.0 Å². The summed E-state index contributed by atoms with van der Waals surface area (Å²) in [6.45, 7) is 4.61. The number of aliphatic hydroxyl groups is 1. The van der Waals surface area contributed by atoms with E-state index >= 15 is 0 Å². The first kappa shape index (κ1) is 16.0. The Bertz CT molecular complexity index is 547. The molecule has 3 heterocycles. The number of aromatic nitrogens is 1. The van der Waals surface area contributed by atoms with E-state index in [0.29, 0.717) is 32.0 Å². The Hall–Kier alpha value is -1.86. The van der Waals surface area contributed by atoms with Crippen LogP contribution in [-0.2, 0) is 6.54 Å². The molecule has 0 spiro atoms. The summed E-state index contributed by atoms with van der Waals surface area (Å²) in [6.07, 6.45) is 3.29. The second-order valence-electron chi connectivity index (χ2n) is 6.36. The van der Waals surface area contributed by atoms with Gasteiger partial charge in [0.1, 0.15) is 5.82 Å². The molecule has 0 bridgehead atoms. The fourth-order valence-corrected chi connectivity index (χ4v) is 3.31. The third-order valence-corrected chi connectivity index (χ3v) is 4.55. The lowest BCUT2D eigenvalue weighted by atomic mass is 10.2. The van der Waals surface area contributed by atoms with Crippen molar-refractivity contribution >= 4 is 11.8 Å². The number of pyridine rings is 1. The molecule has 23 heavy (non-hydrogen) atoms. The van der Waals surface area contributed by atoms with Crippen LogP contribution in [0.5, 0.6) is 0 Å². The van der Waals surface area contributed by atoms with Gasteiger partial charge in [-0.2, -0.15) is 0 Å². The quantitative estimate of drug-likeness (QED) is 0.822. The third-order valence-electron chi connectivity index (χ3n) is 4.55. The lowest BCUT2D eigenvalue weighted by Gasteiger charge is -2.27. The van der Waals surface area contributed by atoms with Crippen molar-refractivity contribution in [2.45, 2.75) is 25.5 Å². The van der Waals surface area contributed by atoms with Crippen LogP contribution in [0.4, 0.5) is 10.6 Å². The summed E-state index contributed by atoms with van der Waals surface area (Å²) in [6, 6.07) is 3.87. The van der Waals surface area contributed by atoms with Gasteiger partial charge < -0.3 is 20.6 Å². The van der Waals surface area contributed by atoms with Crippen molar-refractivity contribution in [1.82, 2.24) is 19.7 Å². The highest BCUT2D eigenvalue weighted by molar-refractivity contribution is 5.74. The highest BCUT2D eigenvalue weighted by Gasteiger charge is 2.28. The zero-order valence-electron chi connectivity index (χ0n) is 13.4. The molecule has 0 aromatic carbocycles. The van der Waals surface area contributed by atoms with Gasteiger partial charge in [0, 0.05) is 57.6 Å². The van der Waals surface area contributed by atoms with Crippen LogP contribution in [0.2, 0.25) is 0 Å². The van der Waals surface area contributed by atoms with Crippen LogP contribution in [0, 0.1) is 0 Å². The normalized spacial score (nSPS) is 23.1. The maximum atomic E-state index is 12.5. The topological polar surface area (TPSA) is 85.9 Å². The summed E-state index contributed by atoms with van der Waals surface area (Å²) in [5, 5.41) is 10.3. The van der Waals surface area contributed by atoms with E-state index in [-0.39, 0.29) is 6.03 Å². The molecule has 7 heteroatoms. The molecule has 126 valence electrons. The Morgan fingerprint density at radius 3 is 2.74 bits per heavy atom. The van der Waals surface area contributed by atoms with Gasteiger partial charge in [-0.05, 0) is 18.9 Å². The highest BCUT2D eigenvalue weighted by Crippen LogP contribution is 2.16. The molecule has 0 radical (unpaired) electrons. The van der Waals surface area contributed by atoms with Crippen molar-refractivity contribution in [3.8, 4) is 0 Å². The smallest absolute Gasteiger partial charge is 0.320 e. The first-order valence-electron chi connectivity index (χ1n) is 8.27. The summed E-state index contributed by atoms with van der Waals surface area (Å²) < 4.78 is 0. The molecule has 1 aromatic rings. The highest BCUT2D eigenvalue weighted by atomic mass is 16.3. The number of urea groups is 1. The van der Waals surface area contributed by atoms with Crippen LogP contribution in [0.25, 0.3) is 0 Å². The van der Waals surface area contributed by atoms with Crippen LogP contribution >= 0.6 is 0 Å². The predicted molar refractivity (Wildman–Crippen MR) is 87.7 cm³/mol. The summed E-state index contributed by atoms with van der Waals surface area (Å²) in [5.74, 6) is 0.524. The second kappa shape index (κ2) is 7.14. The summed E-state index contributed by atoms with van der Waals surface area (Å²) >= 11 is 0. The molecule has 3 N–H and O–H groups in total. The van der Waals surface area contributed by atoms with E-state index in [4.69, 9.17) is 5.73 Å². The van der Waals surface area contributed by atoms with Gasteiger partial charge in [-0.25, -0.2) is 9.78 Å². The van der Waals surface area contributed by atoms with E-state index in [0.717, 1.165) is 38.0 Å². The molecule has 1 atom stereocenters. The van der Waals surface area contributed by atoms with E-state index in [1.54, 1.807) is 11.1 Å². The average Bonchev–Trinajstić information content (AvgIpc) is 3.00. The van der Waals surface area contributed by atoms with Crippen LogP contribution < -0.4 is 5.73 Å². The molecular formula is C16H25N5O2. The Labute approximate surface area is 136 Å². The molecule has 2 aliphatic heterocycles. The monoisotopic (exact) mass is 319 g/mol. The van der Waals surface area contributed by atoms with Gasteiger partial charge in [0.05, 0.1) is 6.10 Å². The maximum Gasteiger partial charge on any atom is 0.320 e. The number of rotatable bonds is 2. The number of nitrogens with zero attached hydrogens (tertiary/aromatic N) is 4. The lowest BCUT2D eigenvalue weighted by Crippen LogP contribution is -2.45. The van der Waals surface area contributed by atoms with Crippen molar-refractivity contribution in [3.63, 3.8) is 0 Å². The van der Waals surface area contributed by atoms with Crippen molar-refractivity contribution in [3.05, 3.63) is 23.9 Å². The minimum absolute atomic E-state index is 0.0595. The van der Waals surface area contributed by atoms with E-state index in [1.165, 1.54) is 0 Å². The number of carbonyl (C=O) groups excluding carboxylic acids is 1. The molecular weight excluding hydrogens is 294 g/mol. The van der Waals surface area contributed by atoms with Crippen molar-refractivity contribution < 1.29 is 9.90 Å². The minimum Gasteiger partial charge on any atom is -0.390 e. The Morgan fingerprint density at radius 2 is 2.00 bits per heavy atom. The molecule has 7 nitrogen and oxygen atoms in total. The average molecular weight is 319 g/mol. The molecule has 0 aliphatic carbocycles. The Balaban J connectivity index is 1.61. The number of hydrogen-bond acceptors (Lipinski definition) is 5. The van der Waals surface area contributed by atoms with E-state index in [2.05, 4.69) is 9.88 Å².